The van der Waals surface area contributed by atoms with Gasteiger partial charge in [0.1, 0.15) is 11.6 Å². The van der Waals surface area contributed by atoms with Crippen molar-refractivity contribution in [2.75, 3.05) is 6.61 Å². The second-order valence-electron chi connectivity index (χ2n) is 10.2. The lowest BCUT2D eigenvalue weighted by molar-refractivity contribution is -0.170. The zero-order chi connectivity index (χ0) is 30.8. The summed E-state index contributed by atoms with van der Waals surface area (Å²) < 4.78 is 22.4. The Hall–Kier alpha value is -4.29. The topological polar surface area (TPSA) is 171 Å². The van der Waals surface area contributed by atoms with Crippen molar-refractivity contribution in [3.8, 4) is 5.75 Å². The van der Waals surface area contributed by atoms with Gasteiger partial charge in [-0.15, -0.1) is 0 Å². The summed E-state index contributed by atoms with van der Waals surface area (Å²) in [5.41, 5.74) is 0.0651. The summed E-state index contributed by atoms with van der Waals surface area (Å²) in [5.74, 6) is -4.24. The van der Waals surface area contributed by atoms with E-state index in [0.717, 1.165) is 42.6 Å². The molecule has 0 atom stereocenters. The minimum absolute atomic E-state index is 0.116. The number of halogens is 1. The molecule has 1 aliphatic rings. The van der Waals surface area contributed by atoms with Crippen molar-refractivity contribution < 1.29 is 43.9 Å². The van der Waals surface area contributed by atoms with E-state index >= 15 is 0 Å². The van der Waals surface area contributed by atoms with Crippen LogP contribution in [-0.2, 0) is 33.0 Å². The number of imidazole rings is 1. The minimum Gasteiger partial charge on any atom is -0.494 e. The maximum atomic E-state index is 14.6. The van der Waals surface area contributed by atoms with Gasteiger partial charge in [0.15, 0.2) is 5.60 Å². The molecular weight excluding hydrogens is 549 g/mol. The number of carbonyl (C=O) groups is 3. The fourth-order valence-corrected chi connectivity index (χ4v) is 5.09. The van der Waals surface area contributed by atoms with Crippen LogP contribution in [0.15, 0.2) is 61.2 Å². The molecule has 1 aromatic heterocycles. The van der Waals surface area contributed by atoms with Gasteiger partial charge >= 0.3 is 17.9 Å². The fraction of sp³-hybridized carbons (Fsp3) is 0.400. The van der Waals surface area contributed by atoms with Gasteiger partial charge in [-0.2, -0.15) is 0 Å². The third kappa shape index (κ3) is 8.60. The van der Waals surface area contributed by atoms with Crippen molar-refractivity contribution in [3.05, 3.63) is 83.7 Å². The molecule has 0 amide bonds. The molecule has 1 aliphatic carbocycles. The number of rotatable bonds is 13. The number of aliphatic hydroxyl groups is 1. The minimum atomic E-state index is -2.74. The van der Waals surface area contributed by atoms with Gasteiger partial charge in [-0.1, -0.05) is 37.1 Å². The van der Waals surface area contributed by atoms with Crippen LogP contribution < -0.4 is 10.1 Å². The molecule has 1 fully saturated rings. The molecule has 12 heteroatoms. The third-order valence-electron chi connectivity index (χ3n) is 7.10. The first-order valence-corrected chi connectivity index (χ1v) is 13.6. The number of aliphatic carboxylic acids is 3. The first-order valence-electron chi connectivity index (χ1n) is 13.6. The molecule has 1 saturated carbocycles. The Labute approximate surface area is 242 Å². The first-order chi connectivity index (χ1) is 20.0. The Morgan fingerprint density at radius 2 is 1.74 bits per heavy atom. The Kier molecular flexibility index (Phi) is 11.2. The second kappa shape index (κ2) is 14.6. The standard InChI is InChI=1S/C24H28FN3O.C6H8O7/c1-2-29-23-10-9-19(15-20(23)17-28-14-13-26-18-28)16-27-24(11-5-6-12-24)21-7-3-4-8-22(21)25;7-3(8)1-6(13,5(11)12)2-4(9)10/h3-4,7-10,13-15,18,27H,2,5-6,11-12,16-17H2,1H3;13H,1-2H2,(H,7,8)(H,9,10)(H,11,12). The van der Waals surface area contributed by atoms with Gasteiger partial charge in [-0.25, -0.2) is 14.2 Å². The highest BCUT2D eigenvalue weighted by atomic mass is 19.1. The number of nitrogens with one attached hydrogen (secondary N) is 1. The maximum absolute atomic E-state index is 14.6. The Morgan fingerprint density at radius 1 is 1.07 bits per heavy atom. The van der Waals surface area contributed by atoms with E-state index in [0.29, 0.717) is 19.7 Å². The zero-order valence-electron chi connectivity index (χ0n) is 23.3. The summed E-state index contributed by atoms with van der Waals surface area (Å²) in [6.45, 7) is 4.03. The monoisotopic (exact) mass is 585 g/mol. The van der Waals surface area contributed by atoms with E-state index in [2.05, 4.69) is 22.4 Å². The summed E-state index contributed by atoms with van der Waals surface area (Å²) in [6, 6.07) is 13.5. The summed E-state index contributed by atoms with van der Waals surface area (Å²) in [6.07, 6.45) is 7.43. The molecular formula is C30H36FN3O8. The molecule has 0 saturated heterocycles. The van der Waals surface area contributed by atoms with E-state index in [1.54, 1.807) is 18.3 Å². The van der Waals surface area contributed by atoms with E-state index in [-0.39, 0.29) is 11.4 Å². The molecule has 0 radical (unpaired) electrons. The summed E-state index contributed by atoms with van der Waals surface area (Å²) >= 11 is 0. The molecule has 0 spiro atoms. The predicted octanol–water partition coefficient (Wildman–Crippen LogP) is 3.78. The van der Waals surface area contributed by atoms with Crippen LogP contribution in [-0.4, -0.2) is 60.1 Å². The van der Waals surface area contributed by atoms with Crippen LogP contribution in [0.5, 0.6) is 5.75 Å². The molecule has 42 heavy (non-hydrogen) atoms. The van der Waals surface area contributed by atoms with Gasteiger partial charge in [0.2, 0.25) is 0 Å². The quantitative estimate of drug-likeness (QED) is 0.199. The molecule has 4 rings (SSSR count). The van der Waals surface area contributed by atoms with Gasteiger partial charge in [0.05, 0.1) is 32.3 Å². The molecule has 0 bridgehead atoms. The SMILES string of the molecule is CCOc1ccc(CNC2(c3ccccc3F)CCCC2)cc1Cn1ccnc1.O=C(O)CC(O)(CC(=O)O)C(=O)O. The van der Waals surface area contributed by atoms with E-state index in [9.17, 15) is 18.8 Å². The van der Waals surface area contributed by atoms with Crippen molar-refractivity contribution in [1.82, 2.24) is 14.9 Å². The van der Waals surface area contributed by atoms with E-state index in [4.69, 9.17) is 25.2 Å². The van der Waals surface area contributed by atoms with Gasteiger partial charge in [-0.05, 0) is 43.5 Å². The van der Waals surface area contributed by atoms with Crippen LogP contribution in [0.3, 0.4) is 0 Å². The largest absolute Gasteiger partial charge is 0.494 e. The van der Waals surface area contributed by atoms with Crippen LogP contribution in [0.2, 0.25) is 0 Å². The van der Waals surface area contributed by atoms with Crippen LogP contribution in [0.1, 0.15) is 62.1 Å². The number of ether oxygens (including phenoxy) is 1. The van der Waals surface area contributed by atoms with Crippen LogP contribution in [0.25, 0.3) is 0 Å². The normalized spacial score (nSPS) is 14.1. The Balaban J connectivity index is 0.000000316. The number of aromatic nitrogens is 2. The Morgan fingerprint density at radius 3 is 2.29 bits per heavy atom. The average molecular weight is 586 g/mol. The predicted molar refractivity (Wildman–Crippen MR) is 149 cm³/mol. The van der Waals surface area contributed by atoms with Crippen molar-refractivity contribution in [2.24, 2.45) is 0 Å². The molecule has 1 heterocycles. The number of nitrogens with zero attached hydrogens (tertiary/aromatic N) is 2. The lowest BCUT2D eigenvalue weighted by Gasteiger charge is -2.32. The number of hydrogen-bond donors (Lipinski definition) is 5. The summed E-state index contributed by atoms with van der Waals surface area (Å²) in [7, 11) is 0. The summed E-state index contributed by atoms with van der Waals surface area (Å²) in [4.78, 5) is 34.6. The van der Waals surface area contributed by atoms with Gasteiger partial charge in [0.25, 0.3) is 0 Å². The molecule has 3 aromatic rings. The van der Waals surface area contributed by atoms with Crippen LogP contribution in [0, 0.1) is 5.82 Å². The lowest BCUT2D eigenvalue weighted by atomic mass is 9.87. The molecule has 11 nitrogen and oxygen atoms in total. The van der Waals surface area contributed by atoms with Crippen molar-refractivity contribution >= 4 is 17.9 Å². The number of hydrogen-bond acceptors (Lipinski definition) is 7. The summed E-state index contributed by atoms with van der Waals surface area (Å²) in [5, 5.41) is 37.5. The second-order valence-corrected chi connectivity index (χ2v) is 10.2. The zero-order valence-corrected chi connectivity index (χ0v) is 23.3. The molecule has 226 valence electrons. The van der Waals surface area contributed by atoms with Crippen molar-refractivity contribution in [1.29, 1.82) is 0 Å². The van der Waals surface area contributed by atoms with Crippen molar-refractivity contribution in [3.63, 3.8) is 0 Å². The van der Waals surface area contributed by atoms with E-state index < -0.39 is 36.4 Å². The first kappa shape index (κ1) is 32.2. The highest BCUT2D eigenvalue weighted by Gasteiger charge is 2.41. The molecule has 0 unspecified atom stereocenters. The van der Waals surface area contributed by atoms with Gasteiger partial charge < -0.3 is 35.0 Å². The molecule has 5 N–H and O–H groups in total. The van der Waals surface area contributed by atoms with Gasteiger partial charge in [-0.3, -0.25) is 9.59 Å². The van der Waals surface area contributed by atoms with E-state index in [1.807, 2.05) is 42.2 Å². The van der Waals surface area contributed by atoms with E-state index in [1.165, 1.54) is 5.56 Å². The smallest absolute Gasteiger partial charge is 0.336 e. The highest BCUT2D eigenvalue weighted by molar-refractivity contribution is 5.88. The Bertz CT molecular complexity index is 1340. The number of carboxylic acid groups (broad SMARTS) is 3. The highest BCUT2D eigenvalue weighted by Crippen LogP contribution is 2.40. The van der Waals surface area contributed by atoms with Crippen LogP contribution in [0.4, 0.5) is 4.39 Å². The third-order valence-corrected chi connectivity index (χ3v) is 7.10. The maximum Gasteiger partial charge on any atom is 0.336 e. The van der Waals surface area contributed by atoms with Crippen LogP contribution >= 0.6 is 0 Å². The van der Waals surface area contributed by atoms with Crippen molar-refractivity contribution in [2.45, 2.75) is 69.7 Å². The lowest BCUT2D eigenvalue weighted by Crippen LogP contribution is -2.42. The molecule has 2 aromatic carbocycles. The number of benzene rings is 2. The average Bonchev–Trinajstić information content (AvgIpc) is 3.62. The fourth-order valence-electron chi connectivity index (χ4n) is 5.09. The van der Waals surface area contributed by atoms with Gasteiger partial charge in [0, 0.05) is 35.6 Å². The number of carboxylic acids is 3. The molecule has 0 aliphatic heterocycles.